The summed E-state index contributed by atoms with van der Waals surface area (Å²) < 4.78 is 2.25. The Hall–Kier alpha value is -3.32. The SMILES string of the molecule is CCc1ccc(-n2c(C)nc3nc(N4c5ccccc5CC4C)[nH]c(=O)c3c2=S)cc1. The average molecular weight is 430 g/mol. The highest BCUT2D eigenvalue weighted by atomic mass is 32.1. The fourth-order valence-electron chi connectivity index (χ4n) is 4.37. The van der Waals surface area contributed by atoms with Gasteiger partial charge in [0.15, 0.2) is 5.65 Å². The number of hydrogen-bond acceptors (Lipinski definition) is 5. The van der Waals surface area contributed by atoms with Crippen molar-refractivity contribution in [2.75, 3.05) is 4.90 Å². The van der Waals surface area contributed by atoms with Gasteiger partial charge in [-0.25, -0.2) is 4.98 Å². The Bertz CT molecular complexity index is 1420. The zero-order valence-electron chi connectivity index (χ0n) is 17.7. The Morgan fingerprint density at radius 3 is 2.61 bits per heavy atom. The first kappa shape index (κ1) is 19.6. The minimum Gasteiger partial charge on any atom is -0.309 e. The molecule has 7 heteroatoms. The molecule has 0 bridgehead atoms. The predicted octanol–water partition coefficient (Wildman–Crippen LogP) is 4.79. The van der Waals surface area contributed by atoms with Crippen LogP contribution in [-0.2, 0) is 12.8 Å². The van der Waals surface area contributed by atoms with Crippen LogP contribution in [-0.4, -0.2) is 25.6 Å². The van der Waals surface area contributed by atoms with E-state index < -0.39 is 0 Å². The number of para-hydroxylation sites is 1. The lowest BCUT2D eigenvalue weighted by atomic mass is 10.1. The molecule has 1 aliphatic rings. The topological polar surface area (TPSA) is 66.8 Å². The number of hydrogen-bond donors (Lipinski definition) is 1. The van der Waals surface area contributed by atoms with E-state index >= 15 is 0 Å². The van der Waals surface area contributed by atoms with E-state index in [9.17, 15) is 4.79 Å². The van der Waals surface area contributed by atoms with Gasteiger partial charge >= 0.3 is 0 Å². The van der Waals surface area contributed by atoms with Gasteiger partial charge in [-0.1, -0.05) is 49.5 Å². The van der Waals surface area contributed by atoms with E-state index in [-0.39, 0.29) is 11.6 Å². The van der Waals surface area contributed by atoms with E-state index in [0.717, 1.165) is 24.2 Å². The molecule has 3 heterocycles. The second kappa shape index (κ2) is 7.42. The molecule has 5 rings (SSSR count). The van der Waals surface area contributed by atoms with Crippen LogP contribution in [0.4, 0.5) is 11.6 Å². The summed E-state index contributed by atoms with van der Waals surface area (Å²) in [5, 5.41) is 0.337. The van der Waals surface area contributed by atoms with E-state index in [2.05, 4.69) is 53.0 Å². The molecule has 2 aromatic carbocycles. The molecule has 0 saturated carbocycles. The number of aromatic nitrogens is 4. The van der Waals surface area contributed by atoms with E-state index in [1.54, 1.807) is 0 Å². The highest BCUT2D eigenvalue weighted by Gasteiger charge is 2.29. The Morgan fingerprint density at radius 2 is 1.87 bits per heavy atom. The molecule has 1 atom stereocenters. The molecule has 0 spiro atoms. The summed E-state index contributed by atoms with van der Waals surface area (Å²) in [5.41, 5.74) is 4.54. The monoisotopic (exact) mass is 429 g/mol. The van der Waals surface area contributed by atoms with Crippen molar-refractivity contribution in [2.45, 2.75) is 39.7 Å². The Kier molecular flexibility index (Phi) is 4.70. The maximum Gasteiger partial charge on any atom is 0.264 e. The number of benzene rings is 2. The normalized spacial score (nSPS) is 15.5. The van der Waals surface area contributed by atoms with Crippen LogP contribution >= 0.6 is 12.2 Å². The van der Waals surface area contributed by atoms with Crippen molar-refractivity contribution >= 4 is 34.9 Å². The summed E-state index contributed by atoms with van der Waals surface area (Å²) >= 11 is 5.73. The lowest BCUT2D eigenvalue weighted by Crippen LogP contribution is -2.28. The highest BCUT2D eigenvalue weighted by Crippen LogP contribution is 2.36. The molecule has 2 aromatic heterocycles. The number of nitrogens with zero attached hydrogens (tertiary/aromatic N) is 4. The number of nitrogens with one attached hydrogen (secondary N) is 1. The number of H-pyrrole nitrogens is 1. The molecule has 6 nitrogen and oxygen atoms in total. The molecular formula is C24H23N5OS. The van der Waals surface area contributed by atoms with E-state index in [4.69, 9.17) is 17.2 Å². The zero-order chi connectivity index (χ0) is 21.7. The van der Waals surface area contributed by atoms with Crippen LogP contribution in [0, 0.1) is 11.6 Å². The van der Waals surface area contributed by atoms with Crippen LogP contribution in [0.1, 0.15) is 30.8 Å². The number of anilines is 2. The Morgan fingerprint density at radius 1 is 1.13 bits per heavy atom. The van der Waals surface area contributed by atoms with Gasteiger partial charge in [0.25, 0.3) is 5.56 Å². The summed E-state index contributed by atoms with van der Waals surface area (Å²) in [4.78, 5) is 27.6. The number of fused-ring (bicyclic) bond motifs is 2. The van der Waals surface area contributed by atoms with Crippen molar-refractivity contribution in [3.63, 3.8) is 0 Å². The second-order valence-electron chi connectivity index (χ2n) is 7.96. The van der Waals surface area contributed by atoms with Gasteiger partial charge in [0, 0.05) is 17.4 Å². The average Bonchev–Trinajstić information content (AvgIpc) is 3.09. The fourth-order valence-corrected chi connectivity index (χ4v) is 4.79. The van der Waals surface area contributed by atoms with Crippen molar-refractivity contribution < 1.29 is 0 Å². The first-order chi connectivity index (χ1) is 15.0. The third-order valence-electron chi connectivity index (χ3n) is 5.93. The molecule has 0 aliphatic carbocycles. The Labute approximate surface area is 185 Å². The van der Waals surface area contributed by atoms with E-state index in [1.165, 1.54) is 11.1 Å². The summed E-state index contributed by atoms with van der Waals surface area (Å²) in [5.74, 6) is 1.20. The highest BCUT2D eigenvalue weighted by molar-refractivity contribution is 7.71. The van der Waals surface area contributed by atoms with Gasteiger partial charge < -0.3 is 4.90 Å². The molecule has 156 valence electrons. The van der Waals surface area contributed by atoms with Gasteiger partial charge in [-0.15, -0.1) is 0 Å². The van der Waals surface area contributed by atoms with Crippen molar-refractivity contribution in [3.05, 3.63) is 80.5 Å². The molecule has 1 aliphatic heterocycles. The maximum absolute atomic E-state index is 13.1. The fraction of sp³-hybridized carbons (Fsp3) is 0.250. The quantitative estimate of drug-likeness (QED) is 0.474. The summed E-state index contributed by atoms with van der Waals surface area (Å²) in [7, 11) is 0. The lowest BCUT2D eigenvalue weighted by Gasteiger charge is -2.23. The lowest BCUT2D eigenvalue weighted by molar-refractivity contribution is 0.739. The minimum absolute atomic E-state index is 0.188. The summed E-state index contributed by atoms with van der Waals surface area (Å²) in [6.07, 6.45) is 1.87. The smallest absolute Gasteiger partial charge is 0.264 e. The molecule has 0 saturated heterocycles. The van der Waals surface area contributed by atoms with Crippen LogP contribution < -0.4 is 10.5 Å². The molecule has 31 heavy (non-hydrogen) atoms. The number of aromatic amines is 1. The van der Waals surface area contributed by atoms with Gasteiger partial charge in [-0.3, -0.25) is 14.3 Å². The first-order valence-corrected chi connectivity index (χ1v) is 10.9. The standard InChI is InChI=1S/C24H23N5OS/c1-4-16-9-11-18(12-10-16)29-15(3)25-21-20(23(29)31)22(30)27-24(26-21)28-14(2)13-17-7-5-6-8-19(17)28/h5-12,14H,4,13H2,1-3H3,(H,26,27,30). The van der Waals surface area contributed by atoms with Gasteiger partial charge in [-0.05, 0) is 56.0 Å². The molecular weight excluding hydrogens is 406 g/mol. The van der Waals surface area contributed by atoms with Gasteiger partial charge in [0.05, 0.1) is 0 Å². The van der Waals surface area contributed by atoms with Crippen LogP contribution in [0.5, 0.6) is 0 Å². The minimum atomic E-state index is -0.270. The van der Waals surface area contributed by atoms with Crippen LogP contribution in [0.25, 0.3) is 16.7 Å². The van der Waals surface area contributed by atoms with Crippen molar-refractivity contribution in [3.8, 4) is 5.69 Å². The van der Waals surface area contributed by atoms with Crippen molar-refractivity contribution in [1.29, 1.82) is 0 Å². The van der Waals surface area contributed by atoms with Crippen LogP contribution in [0.3, 0.4) is 0 Å². The van der Waals surface area contributed by atoms with Crippen molar-refractivity contribution in [2.24, 2.45) is 0 Å². The van der Waals surface area contributed by atoms with Gasteiger partial charge in [-0.2, -0.15) is 4.98 Å². The second-order valence-corrected chi connectivity index (χ2v) is 8.35. The summed E-state index contributed by atoms with van der Waals surface area (Å²) in [6.45, 7) is 6.13. The van der Waals surface area contributed by atoms with Gasteiger partial charge in [0.2, 0.25) is 5.95 Å². The molecule has 0 fully saturated rings. The molecule has 4 aromatic rings. The summed E-state index contributed by atoms with van der Waals surface area (Å²) in [6, 6.07) is 16.5. The molecule has 1 unspecified atom stereocenters. The maximum atomic E-state index is 13.1. The largest absolute Gasteiger partial charge is 0.309 e. The molecule has 0 amide bonds. The van der Waals surface area contributed by atoms with Crippen molar-refractivity contribution in [1.82, 2.24) is 19.5 Å². The first-order valence-electron chi connectivity index (χ1n) is 10.5. The third kappa shape index (κ3) is 3.16. The number of aryl methyl sites for hydroxylation is 2. The van der Waals surface area contributed by atoms with Crippen LogP contribution in [0.2, 0.25) is 0 Å². The van der Waals surface area contributed by atoms with E-state index in [0.29, 0.717) is 27.4 Å². The van der Waals surface area contributed by atoms with E-state index in [1.807, 2.05) is 35.8 Å². The molecule has 1 N–H and O–H groups in total. The van der Waals surface area contributed by atoms with Crippen LogP contribution in [0.15, 0.2) is 53.3 Å². The molecule has 0 radical (unpaired) electrons. The zero-order valence-corrected chi connectivity index (χ0v) is 18.5. The third-order valence-corrected chi connectivity index (χ3v) is 6.32. The Balaban J connectivity index is 1.68. The van der Waals surface area contributed by atoms with Gasteiger partial charge in [0.1, 0.15) is 15.9 Å². The number of rotatable bonds is 3. The predicted molar refractivity (Wildman–Crippen MR) is 126 cm³/mol.